The van der Waals surface area contributed by atoms with Crippen LogP contribution in [0.15, 0.2) is 71.8 Å². The number of hydrogen-bond donors (Lipinski definition) is 1. The van der Waals surface area contributed by atoms with Crippen LogP contribution in [0.4, 0.5) is 17.1 Å². The summed E-state index contributed by atoms with van der Waals surface area (Å²) < 4.78 is 10.1. The number of ether oxygens (including phenoxy) is 2. The molecular formula is C23H16N4Na2O10. The number of carboxylic acid groups (broad SMARTS) is 2. The number of nitro benzene ring substituents is 2. The first kappa shape index (κ1) is 33.5. The summed E-state index contributed by atoms with van der Waals surface area (Å²) >= 11 is 0. The van der Waals surface area contributed by atoms with Crippen molar-refractivity contribution < 1.29 is 98.2 Å². The predicted octanol–water partition coefficient (Wildman–Crippen LogP) is -5.37. The van der Waals surface area contributed by atoms with E-state index in [1.807, 2.05) is 0 Å². The number of nitrogens with one attached hydrogen (secondary N) is 1. The first-order valence-corrected chi connectivity index (χ1v) is 10.3. The number of hydrogen-bond acceptors (Lipinski definition) is 12. The van der Waals surface area contributed by atoms with Crippen molar-refractivity contribution in [2.75, 3.05) is 18.6 Å². The van der Waals surface area contributed by atoms with Crippen molar-refractivity contribution in [2.45, 2.75) is 0 Å². The molecule has 0 atom stereocenters. The third-order valence-electron chi connectivity index (χ3n) is 4.65. The minimum atomic E-state index is -1.40. The summed E-state index contributed by atoms with van der Waals surface area (Å²) in [5.41, 5.74) is 2.60. The molecular weight excluding hydrogens is 538 g/mol. The van der Waals surface area contributed by atoms with Gasteiger partial charge in [0.2, 0.25) is 0 Å². The quantitative estimate of drug-likeness (QED) is 0.0967. The fraction of sp³-hybridized carbons (Fsp3) is 0.0870. The second kappa shape index (κ2) is 15.8. The molecule has 0 bridgehead atoms. The van der Waals surface area contributed by atoms with Crippen LogP contribution in [-0.2, 0) is 9.59 Å². The van der Waals surface area contributed by atoms with E-state index in [9.17, 15) is 40.0 Å². The number of carbonyl (C=O) groups excluding carboxylic acids is 2. The number of non-ortho nitro benzene ring substituents is 1. The minimum absolute atomic E-state index is 0. The predicted molar refractivity (Wildman–Crippen MR) is 123 cm³/mol. The zero-order chi connectivity index (χ0) is 26.9. The van der Waals surface area contributed by atoms with E-state index >= 15 is 0 Å². The van der Waals surface area contributed by atoms with Gasteiger partial charge in [-0.3, -0.25) is 25.7 Å². The van der Waals surface area contributed by atoms with E-state index in [-0.39, 0.29) is 82.0 Å². The number of rotatable bonds is 12. The van der Waals surface area contributed by atoms with E-state index < -0.39 is 46.4 Å². The zero-order valence-electron chi connectivity index (χ0n) is 20.7. The third kappa shape index (κ3) is 9.94. The number of nitro groups is 2. The SMILES string of the molecule is O=C([O-])COc1ccc(C(=NNc2ccc([N+](=O)[O-])cc2[N+](=O)[O-])c2ccc(OCC(=O)[O-])cc2)cc1.[Na+].[Na+]. The van der Waals surface area contributed by atoms with E-state index in [1.165, 1.54) is 24.3 Å². The van der Waals surface area contributed by atoms with E-state index in [2.05, 4.69) is 10.5 Å². The standard InChI is InChI=1S/C23H18N4O10.2Na/c28-21(29)12-36-17-6-1-14(2-7-17)23(15-3-8-18(9-4-15)37-13-22(30)31)25-24-19-10-5-16(26(32)33)11-20(19)27(34)35;;/h1-11,24H,12-13H2,(H,28,29)(H,30,31);;/q;2*+1/p-2. The Labute approximate surface area is 264 Å². The van der Waals surface area contributed by atoms with Crippen LogP contribution in [0, 0.1) is 20.2 Å². The van der Waals surface area contributed by atoms with Gasteiger partial charge in [-0.2, -0.15) is 5.10 Å². The van der Waals surface area contributed by atoms with Gasteiger partial charge in [-0.15, -0.1) is 0 Å². The fourth-order valence-corrected chi connectivity index (χ4v) is 2.99. The largest absolute Gasteiger partial charge is 1.00 e. The number of anilines is 1. The fourth-order valence-electron chi connectivity index (χ4n) is 2.99. The van der Waals surface area contributed by atoms with Gasteiger partial charge in [0, 0.05) is 17.2 Å². The summed E-state index contributed by atoms with van der Waals surface area (Å²) in [6.07, 6.45) is 0. The molecule has 0 heterocycles. The average Bonchev–Trinajstić information content (AvgIpc) is 2.87. The Kier molecular flexibility index (Phi) is 13.6. The maximum Gasteiger partial charge on any atom is 1.00 e. The molecule has 0 spiro atoms. The normalized spacial score (nSPS) is 9.64. The molecule has 0 amide bonds. The van der Waals surface area contributed by atoms with Gasteiger partial charge in [-0.1, -0.05) is 0 Å². The second-order valence-electron chi connectivity index (χ2n) is 7.16. The molecule has 3 aromatic rings. The molecule has 39 heavy (non-hydrogen) atoms. The van der Waals surface area contributed by atoms with Crippen molar-refractivity contribution in [3.8, 4) is 11.5 Å². The van der Waals surface area contributed by atoms with Crippen LogP contribution < -0.4 is 84.2 Å². The van der Waals surface area contributed by atoms with Gasteiger partial charge in [-0.25, -0.2) is 0 Å². The Morgan fingerprint density at radius 1 is 0.744 bits per heavy atom. The second-order valence-corrected chi connectivity index (χ2v) is 7.16. The van der Waals surface area contributed by atoms with Gasteiger partial charge in [0.25, 0.3) is 5.69 Å². The summed E-state index contributed by atoms with van der Waals surface area (Å²) in [5.74, 6) is -2.34. The smallest absolute Gasteiger partial charge is 0.546 e. The van der Waals surface area contributed by atoms with E-state index in [1.54, 1.807) is 24.3 Å². The van der Waals surface area contributed by atoms with E-state index in [0.717, 1.165) is 18.2 Å². The average molecular weight is 554 g/mol. The number of aliphatic carboxylic acids is 2. The van der Waals surface area contributed by atoms with Gasteiger partial charge in [0.05, 0.1) is 33.6 Å². The van der Waals surface area contributed by atoms with Crippen molar-refractivity contribution in [1.29, 1.82) is 0 Å². The van der Waals surface area contributed by atoms with Crippen molar-refractivity contribution in [2.24, 2.45) is 5.10 Å². The van der Waals surface area contributed by atoms with Crippen molar-refractivity contribution >= 4 is 34.7 Å². The van der Waals surface area contributed by atoms with E-state index in [4.69, 9.17) is 9.47 Å². The van der Waals surface area contributed by atoms with Gasteiger partial charge in [0.1, 0.15) is 30.4 Å². The summed E-state index contributed by atoms with van der Waals surface area (Å²) in [5, 5.41) is 47.9. The maximum atomic E-state index is 11.4. The van der Waals surface area contributed by atoms with Crippen LogP contribution in [0.1, 0.15) is 11.1 Å². The number of carbonyl (C=O) groups is 2. The van der Waals surface area contributed by atoms with Gasteiger partial charge in [-0.05, 0) is 54.6 Å². The summed E-state index contributed by atoms with van der Waals surface area (Å²) in [4.78, 5) is 42.1. The number of hydrazone groups is 1. The topological polar surface area (TPSA) is 209 Å². The monoisotopic (exact) mass is 554 g/mol. The first-order valence-electron chi connectivity index (χ1n) is 10.3. The molecule has 0 radical (unpaired) electrons. The minimum Gasteiger partial charge on any atom is -0.546 e. The molecule has 0 aliphatic heterocycles. The number of benzene rings is 3. The van der Waals surface area contributed by atoms with Crippen LogP contribution in [0.3, 0.4) is 0 Å². The molecule has 1 N–H and O–H groups in total. The van der Waals surface area contributed by atoms with Gasteiger partial charge in [0.15, 0.2) is 0 Å². The molecule has 0 aliphatic carbocycles. The van der Waals surface area contributed by atoms with Crippen LogP contribution in [0.25, 0.3) is 0 Å². The summed E-state index contributed by atoms with van der Waals surface area (Å²) in [6, 6.07) is 15.1. The van der Waals surface area contributed by atoms with Crippen LogP contribution in [-0.4, -0.2) is 40.7 Å². The molecule has 0 aromatic heterocycles. The zero-order valence-corrected chi connectivity index (χ0v) is 24.7. The van der Waals surface area contributed by atoms with Crippen LogP contribution in [0.2, 0.25) is 0 Å². The molecule has 0 fully saturated rings. The molecule has 0 unspecified atom stereocenters. The Morgan fingerprint density at radius 3 is 1.59 bits per heavy atom. The molecule has 0 saturated heterocycles. The Bertz CT molecular complexity index is 1300. The van der Waals surface area contributed by atoms with Gasteiger partial charge >= 0.3 is 64.8 Å². The first-order chi connectivity index (χ1) is 17.6. The molecule has 0 saturated carbocycles. The molecule has 3 rings (SSSR count). The molecule has 3 aromatic carbocycles. The third-order valence-corrected chi connectivity index (χ3v) is 4.65. The Hall–Kier alpha value is -3.53. The van der Waals surface area contributed by atoms with Crippen molar-refractivity contribution in [1.82, 2.24) is 0 Å². The van der Waals surface area contributed by atoms with E-state index in [0.29, 0.717) is 11.1 Å². The summed E-state index contributed by atoms with van der Waals surface area (Å²) in [6.45, 7) is -1.31. The molecule has 0 aliphatic rings. The maximum absolute atomic E-state index is 11.4. The number of carboxylic acids is 2. The molecule has 14 nitrogen and oxygen atoms in total. The van der Waals surface area contributed by atoms with Crippen LogP contribution in [0.5, 0.6) is 11.5 Å². The van der Waals surface area contributed by atoms with Gasteiger partial charge < -0.3 is 29.3 Å². The Morgan fingerprint density at radius 2 is 1.21 bits per heavy atom. The summed E-state index contributed by atoms with van der Waals surface area (Å²) in [7, 11) is 0. The van der Waals surface area contributed by atoms with Crippen molar-refractivity contribution in [3.63, 3.8) is 0 Å². The Balaban J connectivity index is 0.00000380. The molecule has 190 valence electrons. The number of nitrogens with zero attached hydrogens (tertiary/aromatic N) is 3. The molecule has 16 heteroatoms. The van der Waals surface area contributed by atoms with Crippen LogP contribution >= 0.6 is 0 Å². The van der Waals surface area contributed by atoms with Crippen molar-refractivity contribution in [3.05, 3.63) is 98.1 Å².